The Morgan fingerprint density at radius 1 is 1.23 bits per heavy atom. The van der Waals surface area contributed by atoms with Gasteiger partial charge in [-0.3, -0.25) is 4.79 Å². The van der Waals surface area contributed by atoms with Gasteiger partial charge in [0.15, 0.2) is 6.29 Å². The molecule has 2 saturated heterocycles. The second kappa shape index (κ2) is 7.98. The largest absolute Gasteiger partial charge is 0.461 e. The Hall–Kier alpha value is -1.33. The predicted molar refractivity (Wildman–Crippen MR) is 102 cm³/mol. The fraction of sp³-hybridized carbons (Fsp3) is 0.762. The zero-order chi connectivity index (χ0) is 21.8. The lowest BCUT2D eigenvalue weighted by Crippen LogP contribution is -2.62. The van der Waals surface area contributed by atoms with Gasteiger partial charge in [-0.05, 0) is 12.8 Å². The number of aliphatic hydroxyl groups is 5. The third-order valence-corrected chi connectivity index (χ3v) is 7.28. The minimum Gasteiger partial charge on any atom is -0.461 e. The molecule has 9 heteroatoms. The number of fused-ring (bicyclic) bond motifs is 3. The van der Waals surface area contributed by atoms with Gasteiger partial charge >= 0.3 is 5.97 Å². The molecule has 0 aromatic heterocycles. The van der Waals surface area contributed by atoms with E-state index < -0.39 is 55.6 Å². The number of carbonyl (C=O) groups excluding carboxylic acids is 1. The summed E-state index contributed by atoms with van der Waals surface area (Å²) in [5.74, 6) is -1.35. The maximum Gasteiger partial charge on any atom is 0.309 e. The van der Waals surface area contributed by atoms with Crippen molar-refractivity contribution >= 4 is 5.97 Å². The highest BCUT2D eigenvalue weighted by Gasteiger charge is 2.58. The summed E-state index contributed by atoms with van der Waals surface area (Å²) in [4.78, 5) is 12.2. The SMILES string of the molecule is C=C1CC[C@H]2[C@@H]1[C@@H]1OC(=O)[C@@H](C)[C@H]1C=C[C@]2(CO)O[C@@H]1O[C@H](CO)[C@@H](O)[C@H](O)[C@H]1O. The fourth-order valence-electron chi connectivity index (χ4n) is 5.44. The molecule has 3 fully saturated rings. The zero-order valence-electron chi connectivity index (χ0n) is 16.8. The standard InChI is InChI=1S/C21H30O9/c1-9-3-4-12-14(9)18-11(10(2)19(27)29-18)5-6-21(12,8-23)30-20-17(26)16(25)15(24)13(7-22)28-20/h5-6,10-18,20,22-26H,1,3-4,7-8H2,2H3/t10-,11+,12-,13+,14+,15+,16-,17+,18+,20-,21+/m0/s1. The number of hydrogen-bond donors (Lipinski definition) is 5. The van der Waals surface area contributed by atoms with Gasteiger partial charge in [-0.1, -0.05) is 31.2 Å². The Morgan fingerprint density at radius 3 is 2.63 bits per heavy atom. The van der Waals surface area contributed by atoms with Crippen molar-refractivity contribution in [3.63, 3.8) is 0 Å². The van der Waals surface area contributed by atoms with E-state index in [-0.39, 0.29) is 29.6 Å². The lowest BCUT2D eigenvalue weighted by atomic mass is 9.76. The van der Waals surface area contributed by atoms with Gasteiger partial charge in [0, 0.05) is 17.8 Å². The highest BCUT2D eigenvalue weighted by Crippen LogP contribution is 2.53. The Kier molecular flexibility index (Phi) is 5.82. The van der Waals surface area contributed by atoms with E-state index in [2.05, 4.69) is 6.58 Å². The minimum atomic E-state index is -1.58. The van der Waals surface area contributed by atoms with Gasteiger partial charge < -0.3 is 39.7 Å². The molecule has 4 aliphatic rings. The van der Waals surface area contributed by atoms with Crippen LogP contribution in [0.3, 0.4) is 0 Å². The molecule has 2 aliphatic heterocycles. The quantitative estimate of drug-likeness (QED) is 0.278. The zero-order valence-corrected chi connectivity index (χ0v) is 16.8. The van der Waals surface area contributed by atoms with Gasteiger partial charge in [-0.2, -0.15) is 0 Å². The van der Waals surface area contributed by atoms with Crippen LogP contribution in [0.2, 0.25) is 0 Å². The van der Waals surface area contributed by atoms with E-state index >= 15 is 0 Å². The van der Waals surface area contributed by atoms with Crippen LogP contribution in [-0.2, 0) is 19.0 Å². The van der Waals surface area contributed by atoms with Gasteiger partial charge in [0.25, 0.3) is 0 Å². The van der Waals surface area contributed by atoms with Crippen LogP contribution in [-0.4, -0.2) is 87.1 Å². The lowest BCUT2D eigenvalue weighted by molar-refractivity contribution is -0.330. The van der Waals surface area contributed by atoms with Gasteiger partial charge in [-0.15, -0.1) is 0 Å². The highest BCUT2D eigenvalue weighted by molar-refractivity contribution is 5.75. The van der Waals surface area contributed by atoms with Crippen molar-refractivity contribution in [1.82, 2.24) is 0 Å². The van der Waals surface area contributed by atoms with E-state index in [0.29, 0.717) is 12.8 Å². The highest BCUT2D eigenvalue weighted by atomic mass is 16.7. The molecule has 168 valence electrons. The molecule has 4 rings (SSSR count). The second-order valence-electron chi connectivity index (χ2n) is 8.88. The number of esters is 1. The van der Waals surface area contributed by atoms with Crippen molar-refractivity contribution in [2.45, 2.75) is 62.2 Å². The maximum absolute atomic E-state index is 12.2. The van der Waals surface area contributed by atoms with E-state index in [9.17, 15) is 30.3 Å². The van der Waals surface area contributed by atoms with Gasteiger partial charge in [0.05, 0.1) is 19.1 Å². The van der Waals surface area contributed by atoms with Crippen molar-refractivity contribution in [2.75, 3.05) is 13.2 Å². The van der Waals surface area contributed by atoms with E-state index in [0.717, 1.165) is 5.57 Å². The molecule has 0 aromatic carbocycles. The third-order valence-electron chi connectivity index (χ3n) is 7.28. The average molecular weight is 426 g/mol. The number of hydrogen-bond acceptors (Lipinski definition) is 9. The van der Waals surface area contributed by atoms with Crippen LogP contribution in [0.4, 0.5) is 0 Å². The van der Waals surface area contributed by atoms with Crippen LogP contribution in [0.15, 0.2) is 24.3 Å². The number of aliphatic hydroxyl groups excluding tert-OH is 5. The molecule has 2 heterocycles. The first-order chi connectivity index (χ1) is 14.2. The summed E-state index contributed by atoms with van der Waals surface area (Å²) in [6, 6.07) is 0. The fourth-order valence-corrected chi connectivity index (χ4v) is 5.44. The summed E-state index contributed by atoms with van der Waals surface area (Å²) in [7, 11) is 0. The molecule has 30 heavy (non-hydrogen) atoms. The van der Waals surface area contributed by atoms with Crippen LogP contribution in [0.1, 0.15) is 19.8 Å². The first kappa shape index (κ1) is 21.9. The summed E-state index contributed by atoms with van der Waals surface area (Å²) >= 11 is 0. The summed E-state index contributed by atoms with van der Waals surface area (Å²) in [6.45, 7) is 4.94. The van der Waals surface area contributed by atoms with Crippen molar-refractivity contribution in [3.05, 3.63) is 24.3 Å². The molecule has 0 bridgehead atoms. The molecule has 2 aliphatic carbocycles. The van der Waals surface area contributed by atoms with Crippen LogP contribution in [0, 0.1) is 23.7 Å². The molecule has 0 spiro atoms. The summed E-state index contributed by atoms with van der Waals surface area (Å²) in [6.07, 6.45) is -2.76. The molecule has 0 aromatic rings. The summed E-state index contributed by atoms with van der Waals surface area (Å²) in [5.41, 5.74) is -0.371. The normalized spacial score (nSPS) is 50.7. The van der Waals surface area contributed by atoms with Crippen LogP contribution in [0.25, 0.3) is 0 Å². The average Bonchev–Trinajstić information content (AvgIpc) is 3.21. The van der Waals surface area contributed by atoms with Crippen molar-refractivity contribution < 1.29 is 44.5 Å². The minimum absolute atomic E-state index is 0.202. The Bertz CT molecular complexity index is 721. The molecule has 11 atom stereocenters. The van der Waals surface area contributed by atoms with Crippen LogP contribution >= 0.6 is 0 Å². The van der Waals surface area contributed by atoms with Crippen molar-refractivity contribution in [1.29, 1.82) is 0 Å². The predicted octanol–water partition coefficient (Wildman–Crippen LogP) is -1.14. The van der Waals surface area contributed by atoms with Crippen molar-refractivity contribution in [3.8, 4) is 0 Å². The van der Waals surface area contributed by atoms with Crippen LogP contribution in [0.5, 0.6) is 0 Å². The van der Waals surface area contributed by atoms with E-state index in [4.69, 9.17) is 14.2 Å². The molecule has 1 saturated carbocycles. The first-order valence-electron chi connectivity index (χ1n) is 10.4. The second-order valence-corrected chi connectivity index (χ2v) is 8.88. The van der Waals surface area contributed by atoms with E-state index in [1.165, 1.54) is 0 Å². The number of carbonyl (C=O) groups is 1. The van der Waals surface area contributed by atoms with E-state index in [1.54, 1.807) is 13.0 Å². The summed E-state index contributed by atoms with van der Waals surface area (Å²) in [5, 5.41) is 50.4. The topological polar surface area (TPSA) is 146 Å². The van der Waals surface area contributed by atoms with E-state index in [1.807, 2.05) is 6.08 Å². The molecule has 0 unspecified atom stereocenters. The monoisotopic (exact) mass is 426 g/mol. The smallest absolute Gasteiger partial charge is 0.309 e. The third kappa shape index (κ3) is 3.24. The van der Waals surface area contributed by atoms with Gasteiger partial charge in [0.1, 0.15) is 36.1 Å². The lowest BCUT2D eigenvalue weighted by Gasteiger charge is -2.45. The summed E-state index contributed by atoms with van der Waals surface area (Å²) < 4.78 is 17.3. The van der Waals surface area contributed by atoms with Gasteiger partial charge in [0.2, 0.25) is 0 Å². The van der Waals surface area contributed by atoms with Crippen LogP contribution < -0.4 is 0 Å². The number of rotatable bonds is 4. The molecule has 0 amide bonds. The number of ether oxygens (including phenoxy) is 3. The van der Waals surface area contributed by atoms with Gasteiger partial charge in [-0.25, -0.2) is 0 Å². The Balaban J connectivity index is 1.68. The Labute approximate surface area is 174 Å². The van der Waals surface area contributed by atoms with Crippen molar-refractivity contribution in [2.24, 2.45) is 23.7 Å². The molecule has 9 nitrogen and oxygen atoms in total. The Morgan fingerprint density at radius 2 is 1.97 bits per heavy atom. The molecule has 5 N–H and O–H groups in total. The molecular formula is C21H30O9. The first-order valence-corrected chi connectivity index (χ1v) is 10.4. The molecular weight excluding hydrogens is 396 g/mol. The maximum atomic E-state index is 12.2. The molecule has 0 radical (unpaired) electrons.